The Morgan fingerprint density at radius 2 is 1.85 bits per heavy atom. The molecule has 138 valence electrons. The lowest BCUT2D eigenvalue weighted by atomic mass is 10.2. The third-order valence-electron chi connectivity index (χ3n) is 3.49. The number of phenolic OH excluding ortho intramolecular Hbond substituents is 1. The van der Waals surface area contributed by atoms with Gasteiger partial charge in [-0.1, -0.05) is 11.6 Å². The van der Waals surface area contributed by atoms with E-state index in [1.54, 1.807) is 0 Å². The van der Waals surface area contributed by atoms with E-state index in [0.717, 1.165) is 12.1 Å². The highest BCUT2D eigenvalue weighted by molar-refractivity contribution is 7.86. The molecule has 0 bridgehead atoms. The molecule has 2 N–H and O–H groups in total. The Hall–Kier alpha value is -3.15. The number of fused-ring (bicyclic) bond motifs is 1. The molecule has 0 radical (unpaired) electrons. The van der Waals surface area contributed by atoms with Gasteiger partial charge in [-0.05, 0) is 30.3 Å². The fourth-order valence-electron chi connectivity index (χ4n) is 2.31. The summed E-state index contributed by atoms with van der Waals surface area (Å²) < 4.78 is 32.7. The number of aromatic nitrogens is 1. The first-order chi connectivity index (χ1) is 12.7. The Labute approximate surface area is 156 Å². The van der Waals surface area contributed by atoms with Crippen molar-refractivity contribution >= 4 is 49.7 Å². The van der Waals surface area contributed by atoms with Crippen molar-refractivity contribution in [3.8, 4) is 5.75 Å². The van der Waals surface area contributed by atoms with Crippen LogP contribution in [-0.2, 0) is 10.1 Å². The number of halogens is 1. The molecule has 0 aliphatic carbocycles. The molecule has 0 saturated heterocycles. The molecular weight excluding hydrogens is 400 g/mol. The van der Waals surface area contributed by atoms with Crippen LogP contribution in [0, 0.1) is 10.1 Å². The Morgan fingerprint density at radius 1 is 1.15 bits per heavy atom. The van der Waals surface area contributed by atoms with Crippen LogP contribution in [0.15, 0.2) is 57.7 Å². The van der Waals surface area contributed by atoms with E-state index in [0.29, 0.717) is 0 Å². The zero-order valence-corrected chi connectivity index (χ0v) is 14.7. The second-order valence-electron chi connectivity index (χ2n) is 5.21. The van der Waals surface area contributed by atoms with Gasteiger partial charge in [0, 0.05) is 22.7 Å². The number of nitrogens with zero attached hydrogens (tertiary/aromatic N) is 4. The summed E-state index contributed by atoms with van der Waals surface area (Å²) >= 11 is 5.72. The average molecular weight is 409 g/mol. The van der Waals surface area contributed by atoms with Gasteiger partial charge in [-0.15, -0.1) is 10.2 Å². The first-order valence-electron chi connectivity index (χ1n) is 7.12. The number of rotatable bonds is 4. The molecule has 0 fully saturated rings. The minimum absolute atomic E-state index is 0.0195. The maximum Gasteiger partial charge on any atom is 0.298 e. The van der Waals surface area contributed by atoms with Gasteiger partial charge in [0.05, 0.1) is 4.92 Å². The van der Waals surface area contributed by atoms with Gasteiger partial charge in [0.2, 0.25) is 0 Å². The molecule has 10 nitrogen and oxygen atoms in total. The van der Waals surface area contributed by atoms with Gasteiger partial charge in [0.25, 0.3) is 15.8 Å². The number of nitro groups is 1. The van der Waals surface area contributed by atoms with Crippen LogP contribution < -0.4 is 0 Å². The van der Waals surface area contributed by atoms with Crippen LogP contribution in [0.2, 0.25) is 5.02 Å². The van der Waals surface area contributed by atoms with E-state index in [1.165, 1.54) is 30.5 Å². The molecule has 0 atom stereocenters. The van der Waals surface area contributed by atoms with E-state index < -0.39 is 31.4 Å². The van der Waals surface area contributed by atoms with E-state index in [-0.39, 0.29) is 27.3 Å². The van der Waals surface area contributed by atoms with E-state index in [9.17, 15) is 28.2 Å². The van der Waals surface area contributed by atoms with Gasteiger partial charge >= 0.3 is 0 Å². The Kier molecular flexibility index (Phi) is 4.74. The van der Waals surface area contributed by atoms with Gasteiger partial charge in [-0.2, -0.15) is 8.42 Å². The summed E-state index contributed by atoms with van der Waals surface area (Å²) in [5.41, 5.74) is -1.08. The molecule has 3 aromatic rings. The maximum atomic E-state index is 11.6. The van der Waals surface area contributed by atoms with E-state index >= 15 is 0 Å². The number of nitro benzene ring substituents is 1. The lowest BCUT2D eigenvalue weighted by Gasteiger charge is -2.07. The minimum atomic E-state index is -4.66. The number of phenols is 1. The molecule has 0 aliphatic rings. The van der Waals surface area contributed by atoms with Crippen molar-refractivity contribution in [2.75, 3.05) is 0 Å². The Morgan fingerprint density at radius 3 is 2.52 bits per heavy atom. The SMILES string of the molecule is O=[N+]([O-])c1cc(Cl)ccc1N=Nc1cc(S(=O)(=O)O)c2cccnc2c1O. The molecule has 0 aliphatic heterocycles. The predicted octanol–water partition coefficient (Wildman–Crippen LogP) is 4.16. The fraction of sp³-hybridized carbons (Fsp3) is 0. The third kappa shape index (κ3) is 3.69. The van der Waals surface area contributed by atoms with Crippen LogP contribution in [0.1, 0.15) is 0 Å². The van der Waals surface area contributed by atoms with Gasteiger partial charge in [-0.25, -0.2) is 0 Å². The number of aromatic hydroxyl groups is 1. The first kappa shape index (κ1) is 18.6. The molecular formula is C15H9ClN4O6S. The van der Waals surface area contributed by atoms with E-state index in [1.807, 2.05) is 0 Å². The van der Waals surface area contributed by atoms with Crippen molar-refractivity contribution in [1.29, 1.82) is 0 Å². The van der Waals surface area contributed by atoms with Crippen molar-refractivity contribution in [2.45, 2.75) is 4.90 Å². The van der Waals surface area contributed by atoms with Crippen LogP contribution in [0.25, 0.3) is 10.9 Å². The second-order valence-corrected chi connectivity index (χ2v) is 7.03. The lowest BCUT2D eigenvalue weighted by molar-refractivity contribution is -0.384. The zero-order valence-electron chi connectivity index (χ0n) is 13.1. The first-order valence-corrected chi connectivity index (χ1v) is 8.94. The van der Waals surface area contributed by atoms with Crippen molar-refractivity contribution in [3.05, 3.63) is 57.7 Å². The van der Waals surface area contributed by atoms with Crippen molar-refractivity contribution < 1.29 is 23.0 Å². The summed E-state index contributed by atoms with van der Waals surface area (Å²) in [5.74, 6) is -0.502. The van der Waals surface area contributed by atoms with Gasteiger partial charge in [-0.3, -0.25) is 19.7 Å². The molecule has 2 aromatic carbocycles. The van der Waals surface area contributed by atoms with Gasteiger partial charge in [0.15, 0.2) is 11.4 Å². The molecule has 1 heterocycles. The normalized spacial score (nSPS) is 11.9. The van der Waals surface area contributed by atoms with Crippen LogP contribution in [-0.4, -0.2) is 28.0 Å². The van der Waals surface area contributed by atoms with E-state index in [2.05, 4.69) is 15.2 Å². The molecule has 0 amide bonds. The van der Waals surface area contributed by atoms with Crippen LogP contribution >= 0.6 is 11.6 Å². The summed E-state index contributed by atoms with van der Waals surface area (Å²) in [5, 5.41) is 28.9. The monoisotopic (exact) mass is 408 g/mol. The topological polar surface area (TPSA) is 155 Å². The van der Waals surface area contributed by atoms with Crippen LogP contribution in [0.5, 0.6) is 5.75 Å². The molecule has 0 unspecified atom stereocenters. The summed E-state index contributed by atoms with van der Waals surface area (Å²) in [7, 11) is -4.66. The molecule has 1 aromatic heterocycles. The van der Waals surface area contributed by atoms with E-state index in [4.69, 9.17) is 11.6 Å². The average Bonchev–Trinajstić information content (AvgIpc) is 2.61. The Balaban J connectivity index is 2.21. The standard InChI is InChI=1S/C15H9ClN4O6S/c16-8-3-4-10(12(6-8)20(22)23)18-19-11-7-13(27(24,25)26)9-2-1-5-17-14(9)15(11)21/h1-7,21H,(H,24,25,26). The lowest BCUT2D eigenvalue weighted by Crippen LogP contribution is -1.99. The number of azo groups is 1. The molecule has 12 heteroatoms. The predicted molar refractivity (Wildman–Crippen MR) is 95.5 cm³/mol. The highest BCUT2D eigenvalue weighted by atomic mass is 35.5. The summed E-state index contributed by atoms with van der Waals surface area (Å²) in [6.45, 7) is 0. The van der Waals surface area contributed by atoms with Crippen LogP contribution in [0.4, 0.5) is 17.1 Å². The highest BCUT2D eigenvalue weighted by Crippen LogP contribution is 2.39. The molecule has 0 spiro atoms. The Bertz CT molecular complexity index is 1210. The fourth-order valence-corrected chi connectivity index (χ4v) is 3.18. The maximum absolute atomic E-state index is 11.6. The second kappa shape index (κ2) is 6.87. The summed E-state index contributed by atoms with van der Waals surface area (Å²) in [6, 6.07) is 7.32. The van der Waals surface area contributed by atoms with Crippen LogP contribution in [0.3, 0.4) is 0 Å². The highest BCUT2D eigenvalue weighted by Gasteiger charge is 2.21. The number of hydrogen-bond donors (Lipinski definition) is 2. The van der Waals surface area contributed by atoms with Crippen molar-refractivity contribution in [3.63, 3.8) is 0 Å². The number of benzene rings is 2. The summed E-state index contributed by atoms with van der Waals surface area (Å²) in [4.78, 5) is 13.7. The molecule has 0 saturated carbocycles. The van der Waals surface area contributed by atoms with Gasteiger partial charge < -0.3 is 5.11 Å². The largest absolute Gasteiger partial charge is 0.504 e. The molecule has 27 heavy (non-hydrogen) atoms. The number of hydrogen-bond acceptors (Lipinski definition) is 8. The van der Waals surface area contributed by atoms with Gasteiger partial charge in [0.1, 0.15) is 16.1 Å². The molecule has 3 rings (SSSR count). The quantitative estimate of drug-likeness (QED) is 0.284. The zero-order chi connectivity index (χ0) is 19.8. The third-order valence-corrected chi connectivity index (χ3v) is 4.61. The minimum Gasteiger partial charge on any atom is -0.504 e. The smallest absolute Gasteiger partial charge is 0.298 e. The number of pyridine rings is 1. The summed E-state index contributed by atoms with van der Waals surface area (Å²) in [6.07, 6.45) is 1.31. The van der Waals surface area contributed by atoms with Crippen molar-refractivity contribution in [1.82, 2.24) is 4.98 Å². The van der Waals surface area contributed by atoms with Crippen molar-refractivity contribution in [2.24, 2.45) is 10.2 Å².